The fourth-order valence-corrected chi connectivity index (χ4v) is 4.89. The number of nitrogens with one attached hydrogen (secondary N) is 1. The summed E-state index contributed by atoms with van der Waals surface area (Å²) in [5.74, 6) is 0.254. The van der Waals surface area contributed by atoms with Gasteiger partial charge in [0.1, 0.15) is 12.4 Å². The van der Waals surface area contributed by atoms with Gasteiger partial charge in [-0.3, -0.25) is 4.79 Å². The van der Waals surface area contributed by atoms with E-state index in [1.165, 1.54) is 18.0 Å². The summed E-state index contributed by atoms with van der Waals surface area (Å²) in [7, 11) is -1.18. The highest BCUT2D eigenvalue weighted by molar-refractivity contribution is 6.76. The minimum atomic E-state index is -1.18. The van der Waals surface area contributed by atoms with Crippen LogP contribution in [0.15, 0.2) is 29.1 Å². The molecule has 0 aliphatic carbocycles. The van der Waals surface area contributed by atoms with E-state index in [1.54, 1.807) is 6.20 Å². The lowest BCUT2D eigenvalue weighted by Crippen LogP contribution is -2.44. The Labute approximate surface area is 205 Å². The van der Waals surface area contributed by atoms with Crippen LogP contribution in [0, 0.1) is 0 Å². The van der Waals surface area contributed by atoms with Crippen LogP contribution in [-0.2, 0) is 11.5 Å². The molecule has 1 aliphatic heterocycles. The second-order valence-corrected chi connectivity index (χ2v) is 15.8. The van der Waals surface area contributed by atoms with E-state index in [1.807, 2.05) is 16.8 Å². The Morgan fingerprint density at radius 1 is 1.29 bits per heavy atom. The number of Topliss-reactive ketones (excluding diaryl/α,β-unsaturated/α-hetero) is 1. The maximum Gasteiger partial charge on any atom is 0.407 e. The first kappa shape index (κ1) is 24.9. The summed E-state index contributed by atoms with van der Waals surface area (Å²) in [5, 5.41) is 13.8. The molecular formula is C24H33N5O5Si. The molecule has 4 heterocycles. The van der Waals surface area contributed by atoms with Crippen LogP contribution >= 0.6 is 0 Å². The molecule has 0 bridgehead atoms. The van der Waals surface area contributed by atoms with Crippen molar-refractivity contribution in [3.05, 3.63) is 30.4 Å². The van der Waals surface area contributed by atoms with Crippen molar-refractivity contribution >= 4 is 36.7 Å². The number of carbonyl (C=O) groups is 2. The smallest absolute Gasteiger partial charge is 0.407 e. The van der Waals surface area contributed by atoms with Crippen LogP contribution < -0.4 is 5.32 Å². The summed E-state index contributed by atoms with van der Waals surface area (Å²) in [5.41, 5.74) is 2.12. The largest absolute Gasteiger partial charge is 0.465 e. The van der Waals surface area contributed by atoms with Gasteiger partial charge in [0.05, 0.1) is 17.4 Å². The molecule has 0 aromatic carbocycles. The van der Waals surface area contributed by atoms with Crippen LogP contribution in [0.1, 0.15) is 30.3 Å². The number of rotatable bonds is 9. The highest BCUT2D eigenvalue weighted by Gasteiger charge is 2.26. The van der Waals surface area contributed by atoms with Gasteiger partial charge in [0.15, 0.2) is 11.5 Å². The zero-order chi connectivity index (χ0) is 25.2. The number of nitrogens with zero attached hydrogens (tertiary/aromatic N) is 4. The fourth-order valence-electron chi connectivity index (χ4n) is 4.14. The lowest BCUT2D eigenvalue weighted by molar-refractivity contribution is 0.0899. The number of aromatic nitrogens is 3. The van der Waals surface area contributed by atoms with E-state index in [4.69, 9.17) is 9.15 Å². The third kappa shape index (κ3) is 5.91. The van der Waals surface area contributed by atoms with E-state index in [0.717, 1.165) is 35.6 Å². The highest BCUT2D eigenvalue weighted by atomic mass is 28.3. The van der Waals surface area contributed by atoms with Gasteiger partial charge >= 0.3 is 6.09 Å². The molecule has 1 fully saturated rings. The molecule has 4 rings (SSSR count). The number of anilines is 1. The zero-order valence-electron chi connectivity index (χ0n) is 20.7. The Balaban J connectivity index is 1.66. The van der Waals surface area contributed by atoms with Crippen LogP contribution in [0.25, 0.3) is 22.5 Å². The predicted octanol–water partition coefficient (Wildman–Crippen LogP) is 4.76. The molecular weight excluding hydrogens is 466 g/mol. The van der Waals surface area contributed by atoms with Gasteiger partial charge in [-0.1, -0.05) is 19.6 Å². The van der Waals surface area contributed by atoms with Gasteiger partial charge in [-0.25, -0.2) is 14.8 Å². The molecule has 2 N–H and O–H groups in total. The van der Waals surface area contributed by atoms with E-state index < -0.39 is 14.2 Å². The van der Waals surface area contributed by atoms with Gasteiger partial charge in [0.25, 0.3) is 0 Å². The number of likely N-dealkylation sites (tertiary alicyclic amines) is 1. The lowest BCUT2D eigenvalue weighted by atomic mass is 10.0. The van der Waals surface area contributed by atoms with Gasteiger partial charge in [0.2, 0.25) is 5.89 Å². The number of ether oxygens (including phenoxy) is 1. The van der Waals surface area contributed by atoms with E-state index in [9.17, 15) is 14.7 Å². The Morgan fingerprint density at radius 3 is 2.77 bits per heavy atom. The molecule has 0 unspecified atom stereocenters. The highest BCUT2D eigenvalue weighted by Crippen LogP contribution is 2.35. The minimum Gasteiger partial charge on any atom is -0.465 e. The first-order valence-corrected chi connectivity index (χ1v) is 15.6. The molecule has 3 aromatic heterocycles. The van der Waals surface area contributed by atoms with Gasteiger partial charge in [0, 0.05) is 58.5 Å². The number of ketones is 1. The van der Waals surface area contributed by atoms with Crippen LogP contribution in [0.5, 0.6) is 0 Å². The fraction of sp³-hybridized carbons (Fsp3) is 0.500. The first-order valence-electron chi connectivity index (χ1n) is 11.9. The van der Waals surface area contributed by atoms with Crippen LogP contribution in [0.4, 0.5) is 10.5 Å². The topological polar surface area (TPSA) is 123 Å². The van der Waals surface area contributed by atoms with Gasteiger partial charge in [-0.15, -0.1) is 0 Å². The molecule has 0 spiro atoms. The third-order valence-electron chi connectivity index (χ3n) is 6.14. The number of pyridine rings is 1. The zero-order valence-corrected chi connectivity index (χ0v) is 21.7. The van der Waals surface area contributed by atoms with E-state index in [2.05, 4.69) is 34.9 Å². The van der Waals surface area contributed by atoms with Gasteiger partial charge in [-0.2, -0.15) is 0 Å². The Bertz CT molecular complexity index is 1210. The second-order valence-electron chi connectivity index (χ2n) is 10.2. The van der Waals surface area contributed by atoms with Crippen LogP contribution in [-0.4, -0.2) is 70.2 Å². The quantitative estimate of drug-likeness (QED) is 0.245. The summed E-state index contributed by atoms with van der Waals surface area (Å²) in [4.78, 5) is 33.7. The molecule has 0 radical (unpaired) electrons. The molecule has 1 amide bonds. The average molecular weight is 500 g/mol. The van der Waals surface area contributed by atoms with Crippen molar-refractivity contribution in [2.45, 2.75) is 58.2 Å². The molecule has 0 saturated carbocycles. The molecule has 1 saturated heterocycles. The summed E-state index contributed by atoms with van der Waals surface area (Å²) in [6.45, 7) is 10.4. The van der Waals surface area contributed by atoms with Crippen molar-refractivity contribution in [1.29, 1.82) is 0 Å². The molecule has 1 atom stereocenters. The average Bonchev–Trinajstić information content (AvgIpc) is 3.44. The monoisotopic (exact) mass is 499 g/mol. The number of carbonyl (C=O) groups excluding carboxylic acids is 1. The van der Waals surface area contributed by atoms with Crippen molar-refractivity contribution in [2.24, 2.45) is 0 Å². The lowest BCUT2D eigenvalue weighted by Gasteiger charge is -2.32. The third-order valence-corrected chi connectivity index (χ3v) is 7.84. The second kappa shape index (κ2) is 10.2. The number of piperidine rings is 1. The SMILES string of the molecule is CC(=O)c1cnc(-c2cnc3c(ccn3COCC[Si](C)(C)C)c2N[C@@H]2CCCN(C(=O)O)C2)o1. The normalized spacial score (nSPS) is 16.6. The van der Waals surface area contributed by atoms with Gasteiger partial charge < -0.3 is 29.0 Å². The Hall–Kier alpha value is -3.18. The van der Waals surface area contributed by atoms with Crippen molar-refractivity contribution in [1.82, 2.24) is 19.4 Å². The van der Waals surface area contributed by atoms with E-state index in [0.29, 0.717) is 32.0 Å². The summed E-state index contributed by atoms with van der Waals surface area (Å²) in [6, 6.07) is 2.96. The number of hydrogen-bond donors (Lipinski definition) is 2. The Morgan fingerprint density at radius 2 is 2.09 bits per heavy atom. The van der Waals surface area contributed by atoms with Crippen molar-refractivity contribution in [3.63, 3.8) is 0 Å². The molecule has 1 aliphatic rings. The summed E-state index contributed by atoms with van der Waals surface area (Å²) in [6.07, 6.45) is 5.71. The number of fused-ring (bicyclic) bond motifs is 1. The van der Waals surface area contributed by atoms with Crippen molar-refractivity contribution in [3.8, 4) is 11.5 Å². The molecule has 35 heavy (non-hydrogen) atoms. The predicted molar refractivity (Wildman–Crippen MR) is 136 cm³/mol. The summed E-state index contributed by atoms with van der Waals surface area (Å²) >= 11 is 0. The maximum absolute atomic E-state index is 11.8. The van der Waals surface area contributed by atoms with Gasteiger partial charge in [-0.05, 0) is 25.0 Å². The maximum atomic E-state index is 11.8. The summed E-state index contributed by atoms with van der Waals surface area (Å²) < 4.78 is 13.6. The van der Waals surface area contributed by atoms with Crippen molar-refractivity contribution < 1.29 is 23.8 Å². The standard InChI is InChI=1S/C24H33N5O5Si/c1-16(30)20-13-26-23(34-20)19-12-25-22-18(7-9-29(22)15-33-10-11-35(2,3)4)21(19)27-17-6-5-8-28(14-17)24(31)32/h7,9,12-13,17H,5-6,8,10-11,14-15H2,1-4H3,(H,25,27)(H,31,32)/t17-/m1/s1. The van der Waals surface area contributed by atoms with E-state index >= 15 is 0 Å². The first-order chi connectivity index (χ1) is 16.6. The number of hydrogen-bond acceptors (Lipinski definition) is 7. The minimum absolute atomic E-state index is 0.0808. The molecule has 3 aromatic rings. The number of carboxylic acid groups (broad SMARTS) is 1. The van der Waals surface area contributed by atoms with Crippen molar-refractivity contribution in [2.75, 3.05) is 25.0 Å². The molecule has 11 heteroatoms. The number of amides is 1. The van der Waals surface area contributed by atoms with E-state index in [-0.39, 0.29) is 23.5 Å². The molecule has 188 valence electrons. The molecule has 10 nitrogen and oxygen atoms in total. The number of oxazole rings is 1. The van der Waals surface area contributed by atoms with Crippen LogP contribution in [0.2, 0.25) is 25.7 Å². The van der Waals surface area contributed by atoms with Crippen LogP contribution in [0.3, 0.4) is 0 Å². The Kier molecular flexibility index (Phi) is 7.27.